The highest BCUT2D eigenvalue weighted by Crippen LogP contribution is 2.30. The van der Waals surface area contributed by atoms with Crippen molar-refractivity contribution >= 4 is 21.6 Å². The Bertz CT molecular complexity index is 1110. The van der Waals surface area contributed by atoms with Gasteiger partial charge in [-0.25, -0.2) is 9.97 Å². The summed E-state index contributed by atoms with van der Waals surface area (Å²) < 4.78 is 36.2. The van der Waals surface area contributed by atoms with Crippen molar-refractivity contribution in [3.63, 3.8) is 0 Å². The summed E-state index contributed by atoms with van der Waals surface area (Å²) >= 11 is 0. The van der Waals surface area contributed by atoms with Gasteiger partial charge in [-0.05, 0) is 56.2 Å². The van der Waals surface area contributed by atoms with E-state index in [1.165, 1.54) is 13.4 Å². The van der Waals surface area contributed by atoms with Gasteiger partial charge in [0.25, 0.3) is 0 Å². The van der Waals surface area contributed by atoms with E-state index < -0.39 is 10.1 Å². The van der Waals surface area contributed by atoms with Crippen molar-refractivity contribution in [2.24, 2.45) is 0 Å². The van der Waals surface area contributed by atoms with Crippen LogP contribution in [0.15, 0.2) is 53.7 Å². The summed E-state index contributed by atoms with van der Waals surface area (Å²) in [5.74, 6) is 1.02. The Hall–Kier alpha value is -3.13. The lowest BCUT2D eigenvalue weighted by Crippen LogP contribution is -2.12. The lowest BCUT2D eigenvalue weighted by atomic mass is 10.1. The SMILES string of the molecule is COc1cc(C)c(C)cc1S(=O)(=O)Oc1cccc(Nc2cc(C)ncn2)c1. The highest BCUT2D eigenvalue weighted by atomic mass is 32.2. The molecule has 0 atom stereocenters. The molecule has 0 unspecified atom stereocenters. The smallest absolute Gasteiger partial charge is 0.342 e. The second-order valence-corrected chi connectivity index (χ2v) is 7.84. The molecule has 146 valence electrons. The number of rotatable bonds is 6. The molecule has 0 radical (unpaired) electrons. The minimum atomic E-state index is -4.07. The van der Waals surface area contributed by atoms with E-state index in [1.54, 1.807) is 42.5 Å². The molecule has 0 fully saturated rings. The Labute approximate surface area is 164 Å². The Morgan fingerprint density at radius 1 is 0.964 bits per heavy atom. The fourth-order valence-corrected chi connectivity index (χ4v) is 3.74. The second kappa shape index (κ2) is 7.85. The van der Waals surface area contributed by atoms with Crippen LogP contribution in [-0.4, -0.2) is 25.5 Å². The fraction of sp³-hybridized carbons (Fsp3) is 0.200. The number of ether oxygens (including phenoxy) is 1. The predicted octanol–water partition coefficient (Wildman–Crippen LogP) is 3.92. The van der Waals surface area contributed by atoms with Crippen molar-refractivity contribution in [3.05, 3.63) is 65.6 Å². The standard InChI is InChI=1S/C20H21N3O4S/c1-13-8-18(26-4)19(9-14(13)2)28(24,25)27-17-7-5-6-16(11-17)23-20-10-15(3)21-12-22-20/h5-12H,1-4H3,(H,21,22,23). The molecule has 0 aliphatic rings. The van der Waals surface area contributed by atoms with Gasteiger partial charge in [-0.2, -0.15) is 8.42 Å². The van der Waals surface area contributed by atoms with Crippen LogP contribution in [0.4, 0.5) is 11.5 Å². The van der Waals surface area contributed by atoms with Gasteiger partial charge in [-0.15, -0.1) is 0 Å². The normalized spacial score (nSPS) is 11.1. The number of aromatic nitrogens is 2. The molecule has 0 aliphatic heterocycles. The minimum Gasteiger partial charge on any atom is -0.495 e. The van der Waals surface area contributed by atoms with Gasteiger partial charge in [0.1, 0.15) is 28.5 Å². The summed E-state index contributed by atoms with van der Waals surface area (Å²) in [5, 5.41) is 3.10. The van der Waals surface area contributed by atoms with Crippen LogP contribution in [-0.2, 0) is 10.1 Å². The molecule has 1 N–H and O–H groups in total. The third-order valence-electron chi connectivity index (χ3n) is 4.17. The number of nitrogens with one attached hydrogen (secondary N) is 1. The second-order valence-electron chi connectivity index (χ2n) is 6.32. The Balaban J connectivity index is 1.88. The Morgan fingerprint density at radius 3 is 2.43 bits per heavy atom. The molecule has 3 aromatic rings. The first-order chi connectivity index (χ1) is 13.3. The molecule has 0 bridgehead atoms. The maximum atomic E-state index is 12.8. The number of hydrogen-bond donors (Lipinski definition) is 1. The predicted molar refractivity (Wildman–Crippen MR) is 107 cm³/mol. The van der Waals surface area contributed by atoms with Gasteiger partial charge in [-0.3, -0.25) is 0 Å². The largest absolute Gasteiger partial charge is 0.495 e. The van der Waals surface area contributed by atoms with Crippen LogP contribution in [0.1, 0.15) is 16.8 Å². The van der Waals surface area contributed by atoms with Crippen LogP contribution in [0, 0.1) is 20.8 Å². The van der Waals surface area contributed by atoms with E-state index in [9.17, 15) is 8.42 Å². The maximum Gasteiger partial charge on any atom is 0.342 e. The zero-order valence-electron chi connectivity index (χ0n) is 16.1. The summed E-state index contributed by atoms with van der Waals surface area (Å²) in [6, 6.07) is 11.6. The fourth-order valence-electron chi connectivity index (χ4n) is 2.59. The van der Waals surface area contributed by atoms with Crippen molar-refractivity contribution in [1.29, 1.82) is 0 Å². The minimum absolute atomic E-state index is 0.0112. The molecule has 0 aliphatic carbocycles. The molecule has 2 aromatic carbocycles. The first-order valence-electron chi connectivity index (χ1n) is 8.54. The van der Waals surface area contributed by atoms with E-state index in [0.29, 0.717) is 11.5 Å². The van der Waals surface area contributed by atoms with Gasteiger partial charge in [0, 0.05) is 23.5 Å². The summed E-state index contributed by atoms with van der Waals surface area (Å²) in [6.07, 6.45) is 1.45. The number of aryl methyl sites for hydroxylation is 3. The van der Waals surface area contributed by atoms with Crippen molar-refractivity contribution < 1.29 is 17.3 Å². The molecule has 3 rings (SSSR count). The number of nitrogens with zero attached hydrogens (tertiary/aromatic N) is 2. The zero-order valence-corrected chi connectivity index (χ0v) is 16.9. The van der Waals surface area contributed by atoms with Crippen LogP contribution in [0.2, 0.25) is 0 Å². The molecule has 0 amide bonds. The third-order valence-corrected chi connectivity index (χ3v) is 5.44. The molecule has 1 heterocycles. The first kappa shape index (κ1) is 19.6. The molecule has 1 aromatic heterocycles. The number of anilines is 2. The Morgan fingerprint density at radius 2 is 1.71 bits per heavy atom. The van der Waals surface area contributed by atoms with Gasteiger partial charge in [0.15, 0.2) is 0 Å². The molecule has 0 saturated carbocycles. The average Bonchev–Trinajstić information content (AvgIpc) is 2.63. The number of hydrogen-bond acceptors (Lipinski definition) is 7. The zero-order chi connectivity index (χ0) is 20.3. The van der Waals surface area contributed by atoms with Crippen molar-refractivity contribution in [2.75, 3.05) is 12.4 Å². The summed E-state index contributed by atoms with van der Waals surface area (Å²) in [5.41, 5.74) is 3.21. The van der Waals surface area contributed by atoms with Crippen molar-refractivity contribution in [3.8, 4) is 11.5 Å². The van der Waals surface area contributed by atoms with Gasteiger partial charge in [0.2, 0.25) is 0 Å². The van der Waals surface area contributed by atoms with E-state index in [-0.39, 0.29) is 16.4 Å². The lowest BCUT2D eigenvalue weighted by Gasteiger charge is -2.13. The van der Waals surface area contributed by atoms with Gasteiger partial charge < -0.3 is 14.2 Å². The van der Waals surface area contributed by atoms with E-state index in [0.717, 1.165) is 16.8 Å². The van der Waals surface area contributed by atoms with Crippen molar-refractivity contribution in [2.45, 2.75) is 25.7 Å². The maximum absolute atomic E-state index is 12.8. The molecular formula is C20H21N3O4S. The van der Waals surface area contributed by atoms with Gasteiger partial charge in [0.05, 0.1) is 7.11 Å². The molecule has 0 saturated heterocycles. The monoisotopic (exact) mass is 399 g/mol. The van der Waals surface area contributed by atoms with Crippen LogP contribution < -0.4 is 14.2 Å². The summed E-state index contributed by atoms with van der Waals surface area (Å²) in [6.45, 7) is 5.58. The number of methoxy groups -OCH3 is 1. The Kier molecular flexibility index (Phi) is 5.51. The third kappa shape index (κ3) is 4.40. The summed E-state index contributed by atoms with van der Waals surface area (Å²) in [7, 11) is -2.64. The molecule has 7 nitrogen and oxygen atoms in total. The molecule has 0 spiro atoms. The van der Waals surface area contributed by atoms with Gasteiger partial charge >= 0.3 is 10.1 Å². The lowest BCUT2D eigenvalue weighted by molar-refractivity contribution is 0.397. The molecule has 8 heteroatoms. The topological polar surface area (TPSA) is 90.4 Å². The van der Waals surface area contributed by atoms with Crippen LogP contribution in [0.5, 0.6) is 11.5 Å². The van der Waals surface area contributed by atoms with Crippen molar-refractivity contribution in [1.82, 2.24) is 9.97 Å². The van der Waals surface area contributed by atoms with E-state index in [4.69, 9.17) is 8.92 Å². The van der Waals surface area contributed by atoms with Crippen LogP contribution in [0.25, 0.3) is 0 Å². The number of benzene rings is 2. The van der Waals surface area contributed by atoms with Gasteiger partial charge in [-0.1, -0.05) is 6.07 Å². The van der Waals surface area contributed by atoms with E-state index in [2.05, 4.69) is 15.3 Å². The average molecular weight is 399 g/mol. The van der Waals surface area contributed by atoms with Crippen LogP contribution in [0.3, 0.4) is 0 Å². The first-order valence-corrected chi connectivity index (χ1v) is 9.95. The summed E-state index contributed by atoms with van der Waals surface area (Å²) in [4.78, 5) is 8.16. The highest BCUT2D eigenvalue weighted by molar-refractivity contribution is 7.87. The highest BCUT2D eigenvalue weighted by Gasteiger charge is 2.23. The quantitative estimate of drug-likeness (QED) is 0.628. The molecule has 28 heavy (non-hydrogen) atoms. The van der Waals surface area contributed by atoms with E-state index >= 15 is 0 Å². The molecular weight excluding hydrogens is 378 g/mol. The van der Waals surface area contributed by atoms with Crippen LogP contribution >= 0.6 is 0 Å². The van der Waals surface area contributed by atoms with E-state index in [1.807, 2.05) is 20.8 Å².